The largest absolute Gasteiger partial charge is 0.497 e. The van der Waals surface area contributed by atoms with Gasteiger partial charge in [0.25, 0.3) is 17.7 Å². The zero-order valence-electron chi connectivity index (χ0n) is 18.8. The molecule has 178 valence electrons. The van der Waals surface area contributed by atoms with Crippen molar-refractivity contribution in [1.82, 2.24) is 10.0 Å². The molecule has 0 aromatic heterocycles. The fraction of sp³-hybridized carbons (Fsp3) is 0.360. The monoisotopic (exact) mass is 502 g/mol. The average molecular weight is 503 g/mol. The van der Waals surface area contributed by atoms with Crippen molar-refractivity contribution in [3.8, 4) is 5.75 Å². The van der Waals surface area contributed by atoms with Crippen molar-refractivity contribution in [1.29, 1.82) is 0 Å². The summed E-state index contributed by atoms with van der Waals surface area (Å²) in [5.74, 6) is -2.33. The maximum absolute atomic E-state index is 13.6. The van der Waals surface area contributed by atoms with E-state index in [9.17, 15) is 19.2 Å². The first kappa shape index (κ1) is 24.2. The van der Waals surface area contributed by atoms with Crippen LogP contribution in [-0.4, -0.2) is 47.2 Å². The van der Waals surface area contributed by atoms with E-state index in [-0.39, 0.29) is 16.1 Å². The van der Waals surface area contributed by atoms with Gasteiger partial charge in [0.05, 0.1) is 29.5 Å². The summed E-state index contributed by atoms with van der Waals surface area (Å²) in [6, 6.07) is 10.7. The number of carbonyl (C=O) groups excluding carboxylic acids is 4. The zero-order chi connectivity index (χ0) is 24.6. The van der Waals surface area contributed by atoms with Crippen molar-refractivity contribution >= 4 is 46.7 Å². The molecule has 0 bridgehead atoms. The fourth-order valence-corrected chi connectivity index (χ4v) is 5.16. The second-order valence-corrected chi connectivity index (χ2v) is 9.61. The molecule has 3 atom stereocenters. The van der Waals surface area contributed by atoms with Crippen LogP contribution in [0.2, 0.25) is 10.0 Å². The molecule has 7 nitrogen and oxygen atoms in total. The Bertz CT molecular complexity index is 1170. The molecule has 1 aliphatic carbocycles. The van der Waals surface area contributed by atoms with Gasteiger partial charge in [-0.05, 0) is 55.5 Å². The quantitative estimate of drug-likeness (QED) is 0.423. The molecule has 2 aliphatic rings. The van der Waals surface area contributed by atoms with Gasteiger partial charge in [-0.25, -0.2) is 5.01 Å². The Morgan fingerprint density at radius 2 is 1.79 bits per heavy atom. The summed E-state index contributed by atoms with van der Waals surface area (Å²) in [4.78, 5) is 53.4. The number of carbonyl (C=O) groups is 4. The van der Waals surface area contributed by atoms with E-state index < -0.39 is 41.9 Å². The Hall–Kier alpha value is -2.90. The Balaban J connectivity index is 1.72. The Morgan fingerprint density at radius 1 is 1.06 bits per heavy atom. The summed E-state index contributed by atoms with van der Waals surface area (Å²) < 4.78 is 5.18. The first-order valence-corrected chi connectivity index (χ1v) is 11.8. The van der Waals surface area contributed by atoms with E-state index in [0.717, 1.165) is 16.4 Å². The maximum Gasteiger partial charge on any atom is 0.274 e. The van der Waals surface area contributed by atoms with Gasteiger partial charge in [0.15, 0.2) is 5.78 Å². The summed E-state index contributed by atoms with van der Waals surface area (Å²) in [7, 11) is 1.48. The van der Waals surface area contributed by atoms with Crippen LogP contribution in [-0.2, 0) is 9.59 Å². The van der Waals surface area contributed by atoms with E-state index in [1.54, 1.807) is 18.2 Å². The van der Waals surface area contributed by atoms with Gasteiger partial charge in [0.1, 0.15) is 12.3 Å². The molecule has 0 radical (unpaired) electrons. The number of hydrogen-bond donors (Lipinski definition) is 0. The highest BCUT2D eigenvalue weighted by Crippen LogP contribution is 2.41. The lowest BCUT2D eigenvalue weighted by Gasteiger charge is -2.30. The molecule has 2 aromatic carbocycles. The van der Waals surface area contributed by atoms with Crippen LogP contribution >= 0.6 is 23.2 Å². The smallest absolute Gasteiger partial charge is 0.274 e. The third-order valence-electron chi connectivity index (χ3n) is 6.49. The number of halogens is 2. The van der Waals surface area contributed by atoms with Crippen LogP contribution in [0.25, 0.3) is 0 Å². The molecule has 0 spiro atoms. The van der Waals surface area contributed by atoms with Crippen molar-refractivity contribution < 1.29 is 23.9 Å². The highest BCUT2D eigenvalue weighted by molar-refractivity contribution is 6.36. The Kier molecular flexibility index (Phi) is 6.96. The van der Waals surface area contributed by atoms with Crippen molar-refractivity contribution in [2.75, 3.05) is 13.7 Å². The van der Waals surface area contributed by atoms with Crippen LogP contribution in [0.5, 0.6) is 5.75 Å². The van der Waals surface area contributed by atoms with Gasteiger partial charge in [-0.2, -0.15) is 5.01 Å². The number of rotatable bonds is 6. The third-order valence-corrected chi connectivity index (χ3v) is 7.03. The number of methoxy groups -OCH3 is 1. The third kappa shape index (κ3) is 4.55. The summed E-state index contributed by atoms with van der Waals surface area (Å²) in [6.45, 7) is 1.52. The minimum absolute atomic E-state index is 0.0355. The van der Waals surface area contributed by atoms with E-state index in [4.69, 9.17) is 27.9 Å². The van der Waals surface area contributed by atoms with Crippen LogP contribution in [0.3, 0.4) is 0 Å². The summed E-state index contributed by atoms with van der Waals surface area (Å²) in [5, 5.41) is 2.17. The molecule has 0 unspecified atom stereocenters. The predicted octanol–water partition coefficient (Wildman–Crippen LogP) is 4.66. The van der Waals surface area contributed by atoms with Gasteiger partial charge in [-0.15, -0.1) is 0 Å². The number of fused-ring (bicyclic) bond motifs is 1. The number of ether oxygens (including phenoxy) is 1. The molecule has 0 N–H and O–H groups in total. The lowest BCUT2D eigenvalue weighted by Crippen LogP contribution is -2.52. The number of hydrazine groups is 1. The molecule has 1 aliphatic heterocycles. The zero-order valence-corrected chi connectivity index (χ0v) is 20.3. The van der Waals surface area contributed by atoms with Gasteiger partial charge in [0.2, 0.25) is 0 Å². The molecular formula is C25H24Cl2N2O5. The van der Waals surface area contributed by atoms with Crippen molar-refractivity contribution in [2.45, 2.75) is 26.2 Å². The molecular weight excluding hydrogens is 479 g/mol. The first-order valence-electron chi connectivity index (χ1n) is 11.0. The second-order valence-electron chi connectivity index (χ2n) is 8.76. The van der Waals surface area contributed by atoms with E-state index in [1.165, 1.54) is 31.4 Å². The van der Waals surface area contributed by atoms with Crippen LogP contribution in [0.4, 0.5) is 0 Å². The number of nitrogens with zero attached hydrogens (tertiary/aromatic N) is 2. The highest BCUT2D eigenvalue weighted by Gasteiger charge is 2.53. The van der Waals surface area contributed by atoms with Gasteiger partial charge in [0, 0.05) is 10.6 Å². The van der Waals surface area contributed by atoms with Gasteiger partial charge < -0.3 is 4.74 Å². The van der Waals surface area contributed by atoms with Gasteiger partial charge in [-0.3, -0.25) is 19.2 Å². The molecule has 2 aromatic rings. The molecule has 9 heteroatoms. The fourth-order valence-electron chi connectivity index (χ4n) is 4.67. The van der Waals surface area contributed by atoms with Gasteiger partial charge in [-0.1, -0.05) is 42.3 Å². The summed E-state index contributed by atoms with van der Waals surface area (Å²) >= 11 is 12.2. The SMILES string of the molecule is COc1cccc(C(=O)CN(C(=O)c2ccc(Cl)cc2Cl)N2C(=O)[C@H]3C[C@H](C)CC[C@H]3C2=O)c1. The maximum atomic E-state index is 13.6. The van der Waals surface area contributed by atoms with Crippen LogP contribution in [0.1, 0.15) is 46.9 Å². The van der Waals surface area contributed by atoms with Crippen LogP contribution in [0.15, 0.2) is 42.5 Å². The number of benzene rings is 2. The molecule has 4 rings (SSSR count). The molecule has 34 heavy (non-hydrogen) atoms. The lowest BCUT2D eigenvalue weighted by molar-refractivity contribution is -0.154. The minimum Gasteiger partial charge on any atom is -0.497 e. The number of amides is 3. The topological polar surface area (TPSA) is 84.0 Å². The van der Waals surface area contributed by atoms with Gasteiger partial charge >= 0.3 is 0 Å². The summed E-state index contributed by atoms with van der Waals surface area (Å²) in [5.41, 5.74) is 0.317. The standard InChI is InChI=1S/C25H24Cl2N2O5/c1-14-6-8-18-20(10-14)25(33)29(24(18)32)28(23(31)19-9-7-16(26)12-21(19)27)13-22(30)15-4-3-5-17(11-15)34-2/h3-5,7,9,11-12,14,18,20H,6,8,10,13H2,1-2H3/t14-,18-,20+/m1/s1. The first-order chi connectivity index (χ1) is 16.2. The molecule has 1 saturated heterocycles. The normalized spacial score (nSPS) is 21.9. The van der Waals surface area contributed by atoms with Crippen LogP contribution in [0, 0.1) is 17.8 Å². The molecule has 1 saturated carbocycles. The number of hydrogen-bond acceptors (Lipinski definition) is 5. The van der Waals surface area contributed by atoms with Crippen molar-refractivity contribution in [2.24, 2.45) is 17.8 Å². The molecule has 1 heterocycles. The lowest BCUT2D eigenvalue weighted by atomic mass is 9.76. The van der Waals surface area contributed by atoms with Crippen molar-refractivity contribution in [3.05, 3.63) is 63.6 Å². The van der Waals surface area contributed by atoms with Crippen LogP contribution < -0.4 is 4.74 Å². The van der Waals surface area contributed by atoms with E-state index >= 15 is 0 Å². The Labute approximate surface area is 207 Å². The minimum atomic E-state index is -0.730. The van der Waals surface area contributed by atoms with E-state index in [0.29, 0.717) is 29.5 Å². The molecule has 3 amide bonds. The number of ketones is 1. The predicted molar refractivity (Wildman–Crippen MR) is 127 cm³/mol. The average Bonchev–Trinajstić information content (AvgIpc) is 3.06. The van der Waals surface area contributed by atoms with E-state index in [2.05, 4.69) is 0 Å². The second kappa shape index (κ2) is 9.76. The Morgan fingerprint density at radius 3 is 2.50 bits per heavy atom. The number of Topliss-reactive ketones (excluding diaryl/α,β-unsaturated/α-hetero) is 1. The van der Waals surface area contributed by atoms with Crippen molar-refractivity contribution in [3.63, 3.8) is 0 Å². The number of imide groups is 1. The summed E-state index contributed by atoms with van der Waals surface area (Å²) in [6.07, 6.45) is 1.97. The van der Waals surface area contributed by atoms with E-state index in [1.807, 2.05) is 6.92 Å². The highest BCUT2D eigenvalue weighted by atomic mass is 35.5. The molecule has 2 fully saturated rings.